The summed E-state index contributed by atoms with van der Waals surface area (Å²) in [4.78, 5) is 11.5. The van der Waals surface area contributed by atoms with Gasteiger partial charge < -0.3 is 10.0 Å². The van der Waals surface area contributed by atoms with Gasteiger partial charge in [-0.2, -0.15) is 4.98 Å². The molecule has 2 aromatic heterocycles. The van der Waals surface area contributed by atoms with Gasteiger partial charge in [0.2, 0.25) is 5.78 Å². The number of rotatable bonds is 3. The number of para-hydroxylation sites is 2. The molecule has 3 heterocycles. The lowest BCUT2D eigenvalue weighted by atomic mass is 9.94. The molecule has 4 rings (SSSR count). The Bertz CT molecular complexity index is 866. The second kappa shape index (κ2) is 5.57. The standard InChI is InChI=1S/C17H20N4O/c22-12-8-13-5-9-20(10-6-13)16-7-11-21-15-4-2-1-3-14(15)18-17(21)19-16/h1-4,7,11,13,22H,5-6,8-10,12H2/i12D2. The third-order valence-electron chi connectivity index (χ3n) is 4.48. The van der Waals surface area contributed by atoms with E-state index in [0.717, 1.165) is 42.8 Å². The Kier molecular flexibility index (Phi) is 2.89. The first-order valence-electron chi connectivity index (χ1n) is 8.71. The van der Waals surface area contributed by atoms with Crippen LogP contribution in [0.1, 0.15) is 22.0 Å². The van der Waals surface area contributed by atoms with E-state index in [9.17, 15) is 5.11 Å². The van der Waals surface area contributed by atoms with Crippen LogP contribution in [0.2, 0.25) is 0 Å². The Morgan fingerprint density at radius 3 is 2.82 bits per heavy atom. The van der Waals surface area contributed by atoms with Gasteiger partial charge >= 0.3 is 0 Å². The molecule has 1 aromatic carbocycles. The van der Waals surface area contributed by atoms with Crippen LogP contribution in [-0.2, 0) is 0 Å². The van der Waals surface area contributed by atoms with Gasteiger partial charge in [-0.05, 0) is 43.4 Å². The van der Waals surface area contributed by atoms with E-state index in [0.29, 0.717) is 5.78 Å². The monoisotopic (exact) mass is 298 g/mol. The molecule has 1 aliphatic rings. The van der Waals surface area contributed by atoms with Crippen molar-refractivity contribution in [3.8, 4) is 0 Å². The maximum atomic E-state index is 9.34. The Morgan fingerprint density at radius 1 is 1.18 bits per heavy atom. The zero-order valence-corrected chi connectivity index (χ0v) is 12.3. The predicted octanol–water partition coefficient (Wildman–Crippen LogP) is 2.48. The van der Waals surface area contributed by atoms with Gasteiger partial charge in [0.05, 0.1) is 13.8 Å². The van der Waals surface area contributed by atoms with Crippen LogP contribution in [0.3, 0.4) is 0 Å². The molecule has 5 heteroatoms. The summed E-state index contributed by atoms with van der Waals surface area (Å²) in [5.74, 6) is 1.82. The molecule has 0 aliphatic carbocycles. The molecular weight excluding hydrogens is 276 g/mol. The first-order valence-corrected chi connectivity index (χ1v) is 7.71. The highest BCUT2D eigenvalue weighted by Crippen LogP contribution is 2.25. The van der Waals surface area contributed by atoms with Gasteiger partial charge in [-0.1, -0.05) is 12.1 Å². The van der Waals surface area contributed by atoms with Gasteiger partial charge in [0.25, 0.3) is 0 Å². The quantitative estimate of drug-likeness (QED) is 0.807. The van der Waals surface area contributed by atoms with Gasteiger partial charge in [0, 0.05) is 25.8 Å². The van der Waals surface area contributed by atoms with Crippen molar-refractivity contribution in [3.63, 3.8) is 0 Å². The highest BCUT2D eigenvalue weighted by molar-refractivity contribution is 5.79. The summed E-state index contributed by atoms with van der Waals surface area (Å²) >= 11 is 0. The molecule has 0 radical (unpaired) electrons. The molecule has 1 aliphatic heterocycles. The highest BCUT2D eigenvalue weighted by Gasteiger charge is 2.20. The molecule has 0 spiro atoms. The molecule has 1 fully saturated rings. The molecule has 0 bridgehead atoms. The lowest BCUT2D eigenvalue weighted by Gasteiger charge is -2.32. The molecule has 5 nitrogen and oxygen atoms in total. The van der Waals surface area contributed by atoms with Crippen molar-refractivity contribution < 1.29 is 7.85 Å². The van der Waals surface area contributed by atoms with Gasteiger partial charge in [-0.3, -0.25) is 4.40 Å². The van der Waals surface area contributed by atoms with E-state index >= 15 is 0 Å². The predicted molar refractivity (Wildman–Crippen MR) is 87.1 cm³/mol. The molecule has 22 heavy (non-hydrogen) atoms. The second-order valence-corrected chi connectivity index (χ2v) is 5.85. The average Bonchev–Trinajstić information content (AvgIpc) is 2.91. The van der Waals surface area contributed by atoms with E-state index in [2.05, 4.69) is 9.88 Å². The topological polar surface area (TPSA) is 53.7 Å². The van der Waals surface area contributed by atoms with Crippen LogP contribution in [0.4, 0.5) is 5.82 Å². The van der Waals surface area contributed by atoms with Crippen LogP contribution < -0.4 is 4.90 Å². The zero-order valence-electron chi connectivity index (χ0n) is 14.3. The number of hydrogen-bond acceptors (Lipinski definition) is 4. The number of benzene rings is 1. The summed E-state index contributed by atoms with van der Waals surface area (Å²) in [7, 11) is 0. The number of anilines is 1. The first-order chi connectivity index (χ1) is 11.5. The summed E-state index contributed by atoms with van der Waals surface area (Å²) < 4.78 is 16.6. The molecule has 0 unspecified atom stereocenters. The molecule has 1 N–H and O–H groups in total. The first kappa shape index (κ1) is 11.4. The fourth-order valence-corrected chi connectivity index (χ4v) is 3.21. The minimum atomic E-state index is -2.07. The molecule has 0 atom stereocenters. The lowest BCUT2D eigenvalue weighted by molar-refractivity contribution is 0.240. The van der Waals surface area contributed by atoms with Crippen molar-refractivity contribution in [1.82, 2.24) is 14.4 Å². The third-order valence-corrected chi connectivity index (χ3v) is 4.48. The SMILES string of the molecule is [2H]C([2H])(O)CC1CCN(c2ccn3c(n2)nc2ccccc23)CC1. The van der Waals surface area contributed by atoms with Gasteiger partial charge in [-0.25, -0.2) is 4.98 Å². The fourth-order valence-electron chi connectivity index (χ4n) is 3.21. The third kappa shape index (κ3) is 2.31. The van der Waals surface area contributed by atoms with Crippen molar-refractivity contribution in [3.05, 3.63) is 36.5 Å². The van der Waals surface area contributed by atoms with Gasteiger partial charge in [-0.15, -0.1) is 0 Å². The van der Waals surface area contributed by atoms with Crippen LogP contribution in [0.25, 0.3) is 16.8 Å². The fraction of sp³-hybridized carbons (Fsp3) is 0.412. The summed E-state index contributed by atoms with van der Waals surface area (Å²) in [6.07, 6.45) is 3.94. The van der Waals surface area contributed by atoms with Gasteiger partial charge in [0.1, 0.15) is 5.82 Å². The van der Waals surface area contributed by atoms with E-state index in [1.807, 2.05) is 40.9 Å². The second-order valence-electron chi connectivity index (χ2n) is 5.85. The Labute approximate surface area is 132 Å². The van der Waals surface area contributed by atoms with Crippen LogP contribution in [0, 0.1) is 5.92 Å². The maximum Gasteiger partial charge on any atom is 0.236 e. The normalized spacial score (nSPS) is 18.7. The largest absolute Gasteiger partial charge is 0.396 e. The molecule has 1 saturated heterocycles. The van der Waals surface area contributed by atoms with Gasteiger partial charge in [0.15, 0.2) is 0 Å². The van der Waals surface area contributed by atoms with E-state index in [-0.39, 0.29) is 12.3 Å². The van der Waals surface area contributed by atoms with E-state index in [1.54, 1.807) is 0 Å². The number of aromatic nitrogens is 3. The summed E-state index contributed by atoms with van der Waals surface area (Å²) in [6, 6.07) is 9.99. The highest BCUT2D eigenvalue weighted by atomic mass is 16.3. The van der Waals surface area contributed by atoms with Crippen molar-refractivity contribution >= 4 is 22.6 Å². The van der Waals surface area contributed by atoms with Crippen LogP contribution >= 0.6 is 0 Å². The molecule has 0 amide bonds. The van der Waals surface area contributed by atoms with Crippen molar-refractivity contribution in [2.24, 2.45) is 5.92 Å². The number of piperidine rings is 1. The molecule has 114 valence electrons. The van der Waals surface area contributed by atoms with E-state index in [1.165, 1.54) is 0 Å². The minimum Gasteiger partial charge on any atom is -0.396 e. The smallest absolute Gasteiger partial charge is 0.236 e. The molecular formula is C17H20N4O. The number of nitrogens with zero attached hydrogens (tertiary/aromatic N) is 4. The summed E-state index contributed by atoms with van der Waals surface area (Å²) in [5.41, 5.74) is 1.99. The number of aliphatic hydroxyl groups is 1. The molecule has 0 saturated carbocycles. The summed E-state index contributed by atoms with van der Waals surface area (Å²) in [5, 5.41) is 9.34. The van der Waals surface area contributed by atoms with Crippen LogP contribution in [0.5, 0.6) is 0 Å². The maximum absolute atomic E-state index is 9.34. The van der Waals surface area contributed by atoms with Crippen LogP contribution in [-0.4, -0.2) is 39.1 Å². The van der Waals surface area contributed by atoms with Crippen LogP contribution in [0.15, 0.2) is 36.5 Å². The average molecular weight is 298 g/mol. The Balaban J connectivity index is 1.54. The van der Waals surface area contributed by atoms with Crippen molar-refractivity contribution in [1.29, 1.82) is 0 Å². The number of imidazole rings is 1. The minimum absolute atomic E-state index is 0.207. The Morgan fingerprint density at radius 2 is 2.00 bits per heavy atom. The number of fused-ring (bicyclic) bond motifs is 3. The van der Waals surface area contributed by atoms with Crippen molar-refractivity contribution in [2.45, 2.75) is 19.3 Å². The number of hydrogen-bond donors (Lipinski definition) is 1. The van der Waals surface area contributed by atoms with Crippen molar-refractivity contribution in [2.75, 3.05) is 24.5 Å². The lowest BCUT2D eigenvalue weighted by Crippen LogP contribution is -2.34. The molecule has 3 aromatic rings. The van der Waals surface area contributed by atoms with E-state index < -0.39 is 6.56 Å². The summed E-state index contributed by atoms with van der Waals surface area (Å²) in [6.45, 7) is -0.422. The Hall–Kier alpha value is -2.14. The van der Waals surface area contributed by atoms with E-state index in [4.69, 9.17) is 7.73 Å². The zero-order chi connectivity index (χ0) is 16.7.